The summed E-state index contributed by atoms with van der Waals surface area (Å²) in [5.41, 5.74) is 0. The Morgan fingerprint density at radius 3 is 0.837 bits per heavy atom. The summed E-state index contributed by atoms with van der Waals surface area (Å²) in [6.45, 7) is 9.57. The lowest BCUT2D eigenvalue weighted by atomic mass is 10.0. The van der Waals surface area contributed by atoms with E-state index < -0.39 is 97.5 Å². The summed E-state index contributed by atoms with van der Waals surface area (Å²) < 4.78 is 68.6. The van der Waals surface area contributed by atoms with Crippen molar-refractivity contribution in [1.29, 1.82) is 0 Å². The van der Waals surface area contributed by atoms with Crippen LogP contribution in [0.15, 0.2) is 24.3 Å². The molecule has 0 aliphatic heterocycles. The third kappa shape index (κ3) is 71.9. The molecule has 578 valence electrons. The molecule has 17 nitrogen and oxygen atoms in total. The maximum absolute atomic E-state index is 13.1. The molecule has 0 aromatic heterocycles. The summed E-state index contributed by atoms with van der Waals surface area (Å²) in [5, 5.41) is 10.6. The van der Waals surface area contributed by atoms with Gasteiger partial charge in [-0.3, -0.25) is 37.3 Å². The van der Waals surface area contributed by atoms with Gasteiger partial charge in [0.2, 0.25) is 0 Å². The zero-order valence-electron chi connectivity index (χ0n) is 63.6. The number of phosphoric ester groups is 2. The van der Waals surface area contributed by atoms with Crippen molar-refractivity contribution >= 4 is 39.5 Å². The van der Waals surface area contributed by atoms with Crippen molar-refractivity contribution in [2.24, 2.45) is 11.8 Å². The number of allylic oxidation sites excluding steroid dienone is 4. The van der Waals surface area contributed by atoms with Crippen molar-refractivity contribution in [2.45, 2.75) is 407 Å². The Hall–Kier alpha value is -2.46. The summed E-state index contributed by atoms with van der Waals surface area (Å²) >= 11 is 0. The third-order valence-corrected chi connectivity index (χ3v) is 19.7. The van der Waals surface area contributed by atoms with E-state index in [2.05, 4.69) is 65.8 Å². The van der Waals surface area contributed by atoms with Crippen LogP contribution < -0.4 is 0 Å². The number of rotatable bonds is 76. The van der Waals surface area contributed by atoms with Gasteiger partial charge in [-0.25, -0.2) is 9.13 Å². The number of aliphatic hydroxyl groups is 1. The summed E-state index contributed by atoms with van der Waals surface area (Å²) in [5.74, 6) is -0.583. The predicted molar refractivity (Wildman–Crippen MR) is 400 cm³/mol. The van der Waals surface area contributed by atoms with Gasteiger partial charge in [-0.15, -0.1) is 0 Å². The first kappa shape index (κ1) is 95.5. The van der Waals surface area contributed by atoms with Gasteiger partial charge in [-0.05, 0) is 63.2 Å². The molecule has 2 unspecified atom stereocenters. The van der Waals surface area contributed by atoms with E-state index in [1.165, 1.54) is 186 Å². The molecule has 0 heterocycles. The lowest BCUT2D eigenvalue weighted by molar-refractivity contribution is -0.161. The van der Waals surface area contributed by atoms with Crippen LogP contribution in [0.3, 0.4) is 0 Å². The largest absolute Gasteiger partial charge is 0.472 e. The fourth-order valence-electron chi connectivity index (χ4n) is 11.6. The third-order valence-electron chi connectivity index (χ3n) is 17.8. The highest BCUT2D eigenvalue weighted by Crippen LogP contribution is 2.45. The lowest BCUT2D eigenvalue weighted by Crippen LogP contribution is -2.30. The van der Waals surface area contributed by atoms with Gasteiger partial charge in [0.15, 0.2) is 12.2 Å². The monoisotopic (exact) mass is 1430 g/mol. The van der Waals surface area contributed by atoms with Gasteiger partial charge in [0.05, 0.1) is 26.4 Å². The summed E-state index contributed by atoms with van der Waals surface area (Å²) in [7, 11) is -9.93. The molecule has 0 saturated carbocycles. The Morgan fingerprint density at radius 2 is 0.551 bits per heavy atom. The maximum atomic E-state index is 13.1. The maximum Gasteiger partial charge on any atom is 0.472 e. The van der Waals surface area contributed by atoms with E-state index in [1.54, 1.807) is 0 Å². The van der Waals surface area contributed by atoms with Crippen molar-refractivity contribution < 1.29 is 80.2 Å². The number of ether oxygens (including phenoxy) is 4. The zero-order chi connectivity index (χ0) is 72.1. The molecule has 3 N–H and O–H groups in total. The minimum atomic E-state index is -4.97. The minimum absolute atomic E-state index is 0.101. The molecule has 0 rings (SSSR count). The molecule has 0 aromatic carbocycles. The first-order valence-electron chi connectivity index (χ1n) is 40.3. The second kappa shape index (κ2) is 70.2. The number of unbranched alkanes of at least 4 members (excludes halogenated alkanes) is 43. The Bertz CT molecular complexity index is 1980. The molecule has 0 aliphatic carbocycles. The second-order valence-electron chi connectivity index (χ2n) is 28.7. The first-order chi connectivity index (χ1) is 47.4. The number of aliphatic hydroxyl groups excluding tert-OH is 1. The van der Waals surface area contributed by atoms with E-state index in [4.69, 9.17) is 37.0 Å². The summed E-state index contributed by atoms with van der Waals surface area (Å²) in [6.07, 6.45) is 61.8. The van der Waals surface area contributed by atoms with Crippen LogP contribution >= 0.6 is 15.6 Å². The van der Waals surface area contributed by atoms with Gasteiger partial charge in [0.1, 0.15) is 19.3 Å². The SMILES string of the molecule is CCCCCC/C=C\C=C/CCCCCCCC(=O)OC[C@H](COP(=O)(O)OC[C@@H](O)COP(=O)(O)OC[C@@H](COC(=O)CCCCCCCCCCCCC)OC(=O)CCCCCCCCCCCCC(C)C)OC(=O)CCCCCCCCCCCCCCCCCCC(C)C. The lowest BCUT2D eigenvalue weighted by Gasteiger charge is -2.21. The van der Waals surface area contributed by atoms with Gasteiger partial charge in [-0.1, -0.05) is 336 Å². The normalized spacial score (nSPS) is 14.1. The highest BCUT2D eigenvalue weighted by molar-refractivity contribution is 7.47. The molecule has 0 bridgehead atoms. The second-order valence-corrected chi connectivity index (χ2v) is 31.6. The van der Waals surface area contributed by atoms with E-state index in [9.17, 15) is 43.2 Å². The Morgan fingerprint density at radius 1 is 0.316 bits per heavy atom. The van der Waals surface area contributed by atoms with Crippen molar-refractivity contribution in [3.8, 4) is 0 Å². The molecule has 0 saturated heterocycles. The smallest absolute Gasteiger partial charge is 0.462 e. The standard InChI is InChI=1S/C79H150O17P2/c1-7-9-11-13-15-17-19-20-23-27-31-38-44-50-56-62-77(82)90-68-74(95-78(83)63-57-51-45-39-32-28-25-22-21-24-26-30-35-41-47-53-59-71(3)4)69-93-97(85,86)91-65-73(80)66-92-98(87,88)94-70-75(67-89-76(81)61-55-49-43-37-29-18-16-14-12-10-8-2)96-79(84)64-58-52-46-40-34-33-36-42-48-54-60-72(5)6/h17,19-20,23,71-75,80H,7-16,18,21-22,24-70H2,1-6H3,(H,85,86)(H,87,88)/b19-17-,23-20-/t73-,74-,75-/m1/s1. The number of esters is 4. The van der Waals surface area contributed by atoms with Gasteiger partial charge in [0, 0.05) is 25.7 Å². The predicted octanol–water partition coefficient (Wildman–Crippen LogP) is 23.1. The number of carbonyl (C=O) groups excluding carboxylic acids is 4. The van der Waals surface area contributed by atoms with E-state index in [-0.39, 0.29) is 25.7 Å². The van der Waals surface area contributed by atoms with Crippen molar-refractivity contribution in [1.82, 2.24) is 0 Å². The molecule has 0 amide bonds. The van der Waals surface area contributed by atoms with E-state index >= 15 is 0 Å². The molecule has 0 aliphatic rings. The average molecular weight is 1430 g/mol. The number of hydrogen-bond acceptors (Lipinski definition) is 15. The highest BCUT2D eigenvalue weighted by atomic mass is 31.2. The molecule has 5 atom stereocenters. The first-order valence-corrected chi connectivity index (χ1v) is 43.3. The highest BCUT2D eigenvalue weighted by Gasteiger charge is 2.30. The van der Waals surface area contributed by atoms with Gasteiger partial charge in [0.25, 0.3) is 0 Å². The topological polar surface area (TPSA) is 237 Å². The quantitative estimate of drug-likeness (QED) is 0.0169. The molecular formula is C79H150O17P2. The molecule has 0 aromatic rings. The van der Waals surface area contributed by atoms with E-state index in [1.807, 2.05) is 0 Å². The fourth-order valence-corrected chi connectivity index (χ4v) is 13.2. The van der Waals surface area contributed by atoms with E-state index in [0.717, 1.165) is 121 Å². The molecule has 0 spiro atoms. The van der Waals surface area contributed by atoms with Crippen LogP contribution in [0.5, 0.6) is 0 Å². The Labute approximate surface area is 599 Å². The van der Waals surface area contributed by atoms with Gasteiger partial charge >= 0.3 is 39.5 Å². The minimum Gasteiger partial charge on any atom is -0.462 e. The van der Waals surface area contributed by atoms with Crippen LogP contribution in [-0.4, -0.2) is 96.7 Å². The fraction of sp³-hybridized carbons (Fsp3) is 0.899. The Kier molecular flexibility index (Phi) is 68.5. The molecule has 0 fully saturated rings. The van der Waals surface area contributed by atoms with Crippen LogP contribution in [0.1, 0.15) is 388 Å². The van der Waals surface area contributed by atoms with E-state index in [0.29, 0.717) is 25.7 Å². The summed E-state index contributed by atoms with van der Waals surface area (Å²) in [6, 6.07) is 0. The molecule has 0 radical (unpaired) electrons. The molecule has 98 heavy (non-hydrogen) atoms. The molecule has 19 heteroatoms. The van der Waals surface area contributed by atoms with Crippen LogP contribution in [0.2, 0.25) is 0 Å². The number of carbonyl (C=O) groups is 4. The number of hydrogen-bond donors (Lipinski definition) is 3. The Balaban J connectivity index is 5.28. The van der Waals surface area contributed by atoms with Crippen molar-refractivity contribution in [3.63, 3.8) is 0 Å². The van der Waals surface area contributed by atoms with Crippen LogP contribution in [0.25, 0.3) is 0 Å². The van der Waals surface area contributed by atoms with Crippen LogP contribution in [0.4, 0.5) is 0 Å². The van der Waals surface area contributed by atoms with Gasteiger partial charge < -0.3 is 33.8 Å². The number of phosphoric acid groups is 2. The van der Waals surface area contributed by atoms with Crippen molar-refractivity contribution in [2.75, 3.05) is 39.6 Å². The van der Waals surface area contributed by atoms with Gasteiger partial charge in [-0.2, -0.15) is 0 Å². The average Bonchev–Trinajstić information content (AvgIpc) is 0.962. The summed E-state index contributed by atoms with van der Waals surface area (Å²) in [4.78, 5) is 72.9. The van der Waals surface area contributed by atoms with Crippen LogP contribution in [0, 0.1) is 11.8 Å². The van der Waals surface area contributed by atoms with Crippen molar-refractivity contribution in [3.05, 3.63) is 24.3 Å². The van der Waals surface area contributed by atoms with Crippen LogP contribution in [-0.2, 0) is 65.4 Å². The zero-order valence-corrected chi connectivity index (χ0v) is 65.4. The molecular weight excluding hydrogens is 1280 g/mol.